The lowest BCUT2D eigenvalue weighted by Crippen LogP contribution is -2.51. The first-order valence-electron chi connectivity index (χ1n) is 6.36. The third-order valence-electron chi connectivity index (χ3n) is 3.23. The lowest BCUT2D eigenvalue weighted by molar-refractivity contribution is -0.137. The normalized spacial score (nSPS) is 21.5. The zero-order chi connectivity index (χ0) is 13.5. The van der Waals surface area contributed by atoms with Crippen LogP contribution in [0.5, 0.6) is 0 Å². The highest BCUT2D eigenvalue weighted by Crippen LogP contribution is 2.19. The van der Waals surface area contributed by atoms with E-state index in [1.165, 1.54) is 6.92 Å². The minimum absolute atomic E-state index is 0.0668. The summed E-state index contributed by atoms with van der Waals surface area (Å²) in [5.74, 6) is 0.388. The molecule has 0 radical (unpaired) electrons. The minimum Gasteiger partial charge on any atom is -0.396 e. The van der Waals surface area contributed by atoms with Crippen LogP contribution in [0.3, 0.4) is 0 Å². The van der Waals surface area contributed by atoms with Crippen molar-refractivity contribution in [3.05, 3.63) is 0 Å². The van der Waals surface area contributed by atoms with Crippen molar-refractivity contribution in [1.82, 2.24) is 10.2 Å². The number of piperidine rings is 1. The molecule has 0 aliphatic carbocycles. The summed E-state index contributed by atoms with van der Waals surface area (Å²) in [5, 5.41) is 11.6. The molecule has 104 valence electrons. The van der Waals surface area contributed by atoms with Crippen LogP contribution in [0, 0.1) is 5.92 Å². The van der Waals surface area contributed by atoms with Crippen LogP contribution in [0.4, 0.5) is 0 Å². The van der Waals surface area contributed by atoms with E-state index in [4.69, 9.17) is 5.11 Å². The van der Waals surface area contributed by atoms with Crippen molar-refractivity contribution in [3.8, 4) is 0 Å². The molecule has 2 atom stereocenters. The Kier molecular flexibility index (Phi) is 6.49. The Bertz CT molecular complexity index is 297. The standard InChI is InChI=1S/C12H22N2O3S/c1-9(16)13-11(8-18)12(17)14-5-2-3-10(7-14)4-6-15/h10-11,15,18H,2-8H2,1H3,(H,13,16). The van der Waals surface area contributed by atoms with Gasteiger partial charge in [-0.2, -0.15) is 12.6 Å². The van der Waals surface area contributed by atoms with Crippen LogP contribution in [0.2, 0.25) is 0 Å². The largest absolute Gasteiger partial charge is 0.396 e. The molecule has 2 unspecified atom stereocenters. The van der Waals surface area contributed by atoms with Gasteiger partial charge in [-0.1, -0.05) is 0 Å². The molecule has 1 fully saturated rings. The van der Waals surface area contributed by atoms with E-state index in [1.807, 2.05) is 0 Å². The molecule has 0 aromatic carbocycles. The Morgan fingerprint density at radius 3 is 2.83 bits per heavy atom. The molecule has 6 heteroatoms. The number of hydrogen-bond donors (Lipinski definition) is 3. The lowest BCUT2D eigenvalue weighted by atomic mass is 9.95. The SMILES string of the molecule is CC(=O)NC(CS)C(=O)N1CCCC(CCO)C1. The van der Waals surface area contributed by atoms with Crippen molar-refractivity contribution >= 4 is 24.4 Å². The molecule has 0 aromatic rings. The number of carbonyl (C=O) groups excluding carboxylic acids is 2. The summed E-state index contributed by atoms with van der Waals surface area (Å²) in [6.45, 7) is 2.96. The monoisotopic (exact) mass is 274 g/mol. The molecule has 0 spiro atoms. The number of amides is 2. The molecule has 1 rings (SSSR count). The van der Waals surface area contributed by atoms with Gasteiger partial charge in [-0.05, 0) is 25.2 Å². The van der Waals surface area contributed by atoms with Crippen LogP contribution in [0.15, 0.2) is 0 Å². The van der Waals surface area contributed by atoms with Gasteiger partial charge in [0.2, 0.25) is 11.8 Å². The van der Waals surface area contributed by atoms with Crippen molar-refractivity contribution in [2.24, 2.45) is 5.92 Å². The van der Waals surface area contributed by atoms with Crippen LogP contribution >= 0.6 is 12.6 Å². The van der Waals surface area contributed by atoms with Gasteiger partial charge in [-0.15, -0.1) is 0 Å². The number of aliphatic hydroxyl groups excluding tert-OH is 1. The number of hydrogen-bond acceptors (Lipinski definition) is 4. The molecular weight excluding hydrogens is 252 g/mol. The molecule has 1 aliphatic heterocycles. The molecule has 18 heavy (non-hydrogen) atoms. The van der Waals surface area contributed by atoms with Crippen molar-refractivity contribution in [2.45, 2.75) is 32.2 Å². The summed E-state index contributed by atoms with van der Waals surface area (Å²) in [4.78, 5) is 25.0. The van der Waals surface area contributed by atoms with Crippen LogP contribution < -0.4 is 5.32 Å². The molecule has 1 aliphatic rings. The van der Waals surface area contributed by atoms with Crippen molar-refractivity contribution in [2.75, 3.05) is 25.4 Å². The van der Waals surface area contributed by atoms with Gasteiger partial charge in [-0.3, -0.25) is 9.59 Å². The fraction of sp³-hybridized carbons (Fsp3) is 0.833. The number of thiol groups is 1. The molecule has 0 saturated carbocycles. The second kappa shape index (κ2) is 7.63. The number of rotatable bonds is 5. The van der Waals surface area contributed by atoms with Gasteiger partial charge in [0.15, 0.2) is 0 Å². The van der Waals surface area contributed by atoms with Crippen LogP contribution in [0.25, 0.3) is 0 Å². The van der Waals surface area contributed by atoms with Crippen LogP contribution in [0.1, 0.15) is 26.2 Å². The van der Waals surface area contributed by atoms with Gasteiger partial charge in [0, 0.05) is 32.4 Å². The van der Waals surface area contributed by atoms with Crippen LogP contribution in [-0.4, -0.2) is 53.3 Å². The fourth-order valence-corrected chi connectivity index (χ4v) is 2.58. The van der Waals surface area contributed by atoms with E-state index < -0.39 is 6.04 Å². The Labute approximate surface area is 113 Å². The number of likely N-dealkylation sites (tertiary alicyclic amines) is 1. The Balaban J connectivity index is 2.55. The maximum atomic E-state index is 12.2. The molecule has 2 amide bonds. The molecule has 1 saturated heterocycles. The lowest BCUT2D eigenvalue weighted by Gasteiger charge is -2.34. The van der Waals surface area contributed by atoms with E-state index in [0.29, 0.717) is 18.2 Å². The maximum absolute atomic E-state index is 12.2. The summed E-state index contributed by atoms with van der Waals surface area (Å²) < 4.78 is 0. The summed E-state index contributed by atoms with van der Waals surface area (Å²) in [6, 6.07) is -0.543. The number of carbonyl (C=O) groups is 2. The van der Waals surface area contributed by atoms with Crippen molar-refractivity contribution < 1.29 is 14.7 Å². The Hall–Kier alpha value is -0.750. The smallest absolute Gasteiger partial charge is 0.246 e. The third-order valence-corrected chi connectivity index (χ3v) is 3.59. The first kappa shape index (κ1) is 15.3. The molecule has 0 aromatic heterocycles. The van der Waals surface area contributed by atoms with Crippen molar-refractivity contribution in [1.29, 1.82) is 0 Å². The molecular formula is C12H22N2O3S. The predicted molar refractivity (Wildman–Crippen MR) is 72.5 cm³/mol. The quantitative estimate of drug-likeness (QED) is 0.620. The topological polar surface area (TPSA) is 69.6 Å². The summed E-state index contributed by atoms with van der Waals surface area (Å²) >= 11 is 4.11. The van der Waals surface area contributed by atoms with E-state index in [1.54, 1.807) is 4.90 Å². The summed E-state index contributed by atoms with van der Waals surface area (Å²) in [5.41, 5.74) is 0. The zero-order valence-electron chi connectivity index (χ0n) is 10.8. The highest BCUT2D eigenvalue weighted by atomic mass is 32.1. The van der Waals surface area contributed by atoms with Gasteiger partial charge in [0.05, 0.1) is 0 Å². The molecule has 2 N–H and O–H groups in total. The van der Waals surface area contributed by atoms with Gasteiger partial charge < -0.3 is 15.3 Å². The van der Waals surface area contributed by atoms with E-state index in [0.717, 1.165) is 25.8 Å². The van der Waals surface area contributed by atoms with E-state index >= 15 is 0 Å². The average Bonchev–Trinajstić information content (AvgIpc) is 2.35. The van der Waals surface area contributed by atoms with Crippen LogP contribution in [-0.2, 0) is 9.59 Å². The highest BCUT2D eigenvalue weighted by Gasteiger charge is 2.28. The highest BCUT2D eigenvalue weighted by molar-refractivity contribution is 7.80. The molecule has 0 bridgehead atoms. The molecule has 1 heterocycles. The number of nitrogens with zero attached hydrogens (tertiary/aromatic N) is 1. The second-order valence-electron chi connectivity index (χ2n) is 4.74. The molecule has 5 nitrogen and oxygen atoms in total. The predicted octanol–water partition coefficient (Wildman–Crippen LogP) is 0.0419. The number of aliphatic hydroxyl groups is 1. The maximum Gasteiger partial charge on any atom is 0.246 e. The average molecular weight is 274 g/mol. The third kappa shape index (κ3) is 4.49. The Morgan fingerprint density at radius 2 is 2.28 bits per heavy atom. The zero-order valence-corrected chi connectivity index (χ0v) is 11.7. The second-order valence-corrected chi connectivity index (χ2v) is 5.11. The van der Waals surface area contributed by atoms with E-state index in [9.17, 15) is 9.59 Å². The Morgan fingerprint density at radius 1 is 1.56 bits per heavy atom. The van der Waals surface area contributed by atoms with Gasteiger partial charge in [0.1, 0.15) is 6.04 Å². The number of nitrogens with one attached hydrogen (secondary N) is 1. The first-order valence-corrected chi connectivity index (χ1v) is 6.99. The van der Waals surface area contributed by atoms with Gasteiger partial charge >= 0.3 is 0 Å². The minimum atomic E-state index is -0.543. The van der Waals surface area contributed by atoms with Gasteiger partial charge in [-0.25, -0.2) is 0 Å². The van der Waals surface area contributed by atoms with Crippen molar-refractivity contribution in [3.63, 3.8) is 0 Å². The fourth-order valence-electron chi connectivity index (χ4n) is 2.33. The van der Waals surface area contributed by atoms with E-state index in [-0.39, 0.29) is 18.4 Å². The summed E-state index contributed by atoms with van der Waals surface area (Å²) in [6.07, 6.45) is 2.74. The summed E-state index contributed by atoms with van der Waals surface area (Å²) in [7, 11) is 0. The van der Waals surface area contributed by atoms with E-state index in [2.05, 4.69) is 17.9 Å². The van der Waals surface area contributed by atoms with Gasteiger partial charge in [0.25, 0.3) is 0 Å². The first-order chi connectivity index (χ1) is 8.58.